The van der Waals surface area contributed by atoms with Crippen molar-refractivity contribution >= 4 is 15.7 Å². The lowest BCUT2D eigenvalue weighted by Gasteiger charge is -2.16. The third kappa shape index (κ3) is 2.86. The van der Waals surface area contributed by atoms with Gasteiger partial charge in [0, 0.05) is 5.69 Å². The largest absolute Gasteiger partial charge is 0.508 e. The first-order valence-electron chi connectivity index (χ1n) is 6.65. The zero-order valence-electron chi connectivity index (χ0n) is 11.3. The van der Waals surface area contributed by atoms with E-state index < -0.39 is 10.0 Å². The first kappa shape index (κ1) is 13.9. The van der Waals surface area contributed by atoms with Crippen molar-refractivity contribution in [2.24, 2.45) is 5.14 Å². The van der Waals surface area contributed by atoms with Crippen LogP contribution in [0.1, 0.15) is 23.6 Å². The Bertz CT molecular complexity index is 787. The molecule has 110 valence electrons. The summed E-state index contributed by atoms with van der Waals surface area (Å²) >= 11 is 0. The molecule has 0 aromatic heterocycles. The smallest absolute Gasteiger partial charge is 0.238 e. The standard InChI is InChI=1S/C15H16N2O3S/c16-21(19,20)13-3-1-2-11(9-13)17-15-7-4-10-8-12(18)5-6-14(10)15/h1-3,5-6,8-9,15,17-18H,4,7H2,(H2,16,19,20). The molecule has 2 aromatic carbocycles. The molecule has 0 amide bonds. The molecule has 0 fully saturated rings. The van der Waals surface area contributed by atoms with E-state index in [1.807, 2.05) is 12.1 Å². The highest BCUT2D eigenvalue weighted by Gasteiger charge is 2.22. The summed E-state index contributed by atoms with van der Waals surface area (Å²) in [5.41, 5.74) is 2.97. The lowest BCUT2D eigenvalue weighted by molar-refractivity contribution is 0.474. The lowest BCUT2D eigenvalue weighted by atomic mass is 10.1. The van der Waals surface area contributed by atoms with Crippen LogP contribution in [0.2, 0.25) is 0 Å². The Morgan fingerprint density at radius 1 is 1.19 bits per heavy atom. The van der Waals surface area contributed by atoms with E-state index in [1.54, 1.807) is 18.2 Å². The van der Waals surface area contributed by atoms with Gasteiger partial charge in [-0.15, -0.1) is 0 Å². The summed E-state index contributed by atoms with van der Waals surface area (Å²) in [6.07, 6.45) is 1.79. The predicted molar refractivity (Wildman–Crippen MR) is 80.6 cm³/mol. The quantitative estimate of drug-likeness (QED) is 0.810. The van der Waals surface area contributed by atoms with Gasteiger partial charge in [0.2, 0.25) is 10.0 Å². The minimum Gasteiger partial charge on any atom is -0.508 e. The van der Waals surface area contributed by atoms with E-state index in [0.29, 0.717) is 5.69 Å². The molecule has 4 N–H and O–H groups in total. The number of aryl methyl sites for hydroxylation is 1. The summed E-state index contributed by atoms with van der Waals surface area (Å²) in [6.45, 7) is 0. The summed E-state index contributed by atoms with van der Waals surface area (Å²) in [4.78, 5) is 0.0939. The molecule has 2 aromatic rings. The Balaban J connectivity index is 1.87. The summed E-state index contributed by atoms with van der Waals surface area (Å²) in [6, 6.07) is 11.9. The van der Waals surface area contributed by atoms with Crippen molar-refractivity contribution in [1.29, 1.82) is 0 Å². The second-order valence-electron chi connectivity index (χ2n) is 5.19. The van der Waals surface area contributed by atoms with Crippen molar-refractivity contribution in [3.8, 4) is 5.75 Å². The number of anilines is 1. The third-order valence-corrected chi connectivity index (χ3v) is 4.62. The van der Waals surface area contributed by atoms with Gasteiger partial charge in [0.1, 0.15) is 5.75 Å². The van der Waals surface area contributed by atoms with Crippen molar-refractivity contribution in [2.45, 2.75) is 23.8 Å². The monoisotopic (exact) mass is 304 g/mol. The fraction of sp³-hybridized carbons (Fsp3) is 0.200. The van der Waals surface area contributed by atoms with Gasteiger partial charge in [-0.05, 0) is 54.3 Å². The molecule has 0 aliphatic heterocycles. The zero-order valence-corrected chi connectivity index (χ0v) is 12.1. The number of phenolic OH excluding ortho intramolecular Hbond substituents is 1. The molecule has 0 saturated carbocycles. The Morgan fingerprint density at radius 2 is 2.00 bits per heavy atom. The maximum Gasteiger partial charge on any atom is 0.238 e. The van der Waals surface area contributed by atoms with Crippen molar-refractivity contribution in [2.75, 3.05) is 5.32 Å². The highest BCUT2D eigenvalue weighted by molar-refractivity contribution is 7.89. The number of hydrogen-bond acceptors (Lipinski definition) is 4. The minimum absolute atomic E-state index is 0.0939. The van der Waals surface area contributed by atoms with Gasteiger partial charge in [0.25, 0.3) is 0 Å². The van der Waals surface area contributed by atoms with Crippen LogP contribution in [0.5, 0.6) is 5.75 Å². The highest BCUT2D eigenvalue weighted by Crippen LogP contribution is 2.35. The number of aromatic hydroxyl groups is 1. The van der Waals surface area contributed by atoms with Gasteiger partial charge in [-0.1, -0.05) is 12.1 Å². The summed E-state index contributed by atoms with van der Waals surface area (Å²) in [5.74, 6) is 0.269. The number of benzene rings is 2. The van der Waals surface area contributed by atoms with Crippen molar-refractivity contribution in [3.63, 3.8) is 0 Å². The van der Waals surface area contributed by atoms with Crippen molar-refractivity contribution in [1.82, 2.24) is 0 Å². The molecule has 0 bridgehead atoms. The van der Waals surface area contributed by atoms with Crippen LogP contribution in [0, 0.1) is 0 Å². The number of nitrogens with two attached hydrogens (primary N) is 1. The van der Waals surface area contributed by atoms with Crippen LogP contribution in [-0.2, 0) is 16.4 Å². The van der Waals surface area contributed by atoms with E-state index in [0.717, 1.165) is 24.0 Å². The second kappa shape index (κ2) is 5.05. The summed E-state index contributed by atoms with van der Waals surface area (Å²) in [5, 5.41) is 18.0. The topological polar surface area (TPSA) is 92.4 Å². The van der Waals surface area contributed by atoms with Crippen molar-refractivity contribution in [3.05, 3.63) is 53.6 Å². The van der Waals surface area contributed by atoms with Crippen LogP contribution in [0.3, 0.4) is 0 Å². The number of sulfonamides is 1. The summed E-state index contributed by atoms with van der Waals surface area (Å²) in [7, 11) is -3.70. The maximum absolute atomic E-state index is 11.4. The van der Waals surface area contributed by atoms with E-state index in [2.05, 4.69) is 5.32 Å². The van der Waals surface area contributed by atoms with Gasteiger partial charge in [-0.25, -0.2) is 13.6 Å². The zero-order chi connectivity index (χ0) is 15.0. The Labute approximate surface area is 123 Å². The van der Waals surface area contributed by atoms with E-state index in [4.69, 9.17) is 5.14 Å². The van der Waals surface area contributed by atoms with E-state index in [9.17, 15) is 13.5 Å². The van der Waals surface area contributed by atoms with E-state index in [-0.39, 0.29) is 16.7 Å². The van der Waals surface area contributed by atoms with Gasteiger partial charge < -0.3 is 10.4 Å². The Kier molecular flexibility index (Phi) is 3.35. The molecule has 6 heteroatoms. The molecule has 0 radical (unpaired) electrons. The average molecular weight is 304 g/mol. The fourth-order valence-electron chi connectivity index (χ4n) is 2.72. The fourth-order valence-corrected chi connectivity index (χ4v) is 3.28. The molecular formula is C15H16N2O3S. The molecule has 1 atom stereocenters. The molecule has 0 saturated heterocycles. The van der Waals surface area contributed by atoms with Gasteiger partial charge in [0.05, 0.1) is 10.9 Å². The predicted octanol–water partition coefficient (Wildman–Crippen LogP) is 2.14. The first-order valence-corrected chi connectivity index (χ1v) is 8.19. The molecule has 1 aliphatic carbocycles. The summed E-state index contributed by atoms with van der Waals surface area (Å²) < 4.78 is 22.8. The van der Waals surface area contributed by atoms with E-state index >= 15 is 0 Å². The Morgan fingerprint density at radius 3 is 2.76 bits per heavy atom. The average Bonchev–Trinajstić information content (AvgIpc) is 2.80. The van der Waals surface area contributed by atoms with Crippen LogP contribution in [-0.4, -0.2) is 13.5 Å². The number of rotatable bonds is 3. The molecule has 1 unspecified atom stereocenters. The molecule has 0 spiro atoms. The lowest BCUT2D eigenvalue weighted by Crippen LogP contribution is -2.13. The molecule has 3 rings (SSSR count). The molecular weight excluding hydrogens is 288 g/mol. The number of phenols is 1. The number of nitrogens with one attached hydrogen (secondary N) is 1. The van der Waals surface area contributed by atoms with Crippen LogP contribution in [0.15, 0.2) is 47.4 Å². The van der Waals surface area contributed by atoms with Gasteiger partial charge in [-0.3, -0.25) is 0 Å². The molecule has 1 aliphatic rings. The molecule has 0 heterocycles. The minimum atomic E-state index is -3.70. The highest BCUT2D eigenvalue weighted by atomic mass is 32.2. The first-order chi connectivity index (χ1) is 9.93. The Hall–Kier alpha value is -2.05. The van der Waals surface area contributed by atoms with Crippen LogP contribution in [0.25, 0.3) is 0 Å². The van der Waals surface area contributed by atoms with Gasteiger partial charge >= 0.3 is 0 Å². The maximum atomic E-state index is 11.4. The SMILES string of the molecule is NS(=O)(=O)c1cccc(NC2CCc3cc(O)ccc32)c1. The third-order valence-electron chi connectivity index (χ3n) is 3.71. The van der Waals surface area contributed by atoms with Gasteiger partial charge in [-0.2, -0.15) is 0 Å². The number of primary sulfonamides is 1. The second-order valence-corrected chi connectivity index (χ2v) is 6.75. The van der Waals surface area contributed by atoms with Crippen LogP contribution in [0.4, 0.5) is 5.69 Å². The number of hydrogen-bond donors (Lipinski definition) is 3. The van der Waals surface area contributed by atoms with E-state index in [1.165, 1.54) is 12.1 Å². The normalized spacial score (nSPS) is 17.5. The molecule has 5 nitrogen and oxygen atoms in total. The number of fused-ring (bicyclic) bond motifs is 1. The van der Waals surface area contributed by atoms with Gasteiger partial charge in [0.15, 0.2) is 0 Å². The van der Waals surface area contributed by atoms with Crippen molar-refractivity contribution < 1.29 is 13.5 Å². The van der Waals surface area contributed by atoms with Crippen LogP contribution < -0.4 is 10.5 Å². The van der Waals surface area contributed by atoms with Crippen LogP contribution >= 0.6 is 0 Å². The molecule has 21 heavy (non-hydrogen) atoms.